The Morgan fingerprint density at radius 1 is 0.636 bits per heavy atom. The molecule has 3 rings (SSSR count). The van der Waals surface area contributed by atoms with Crippen molar-refractivity contribution < 1.29 is 99.6 Å². The Balaban J connectivity index is 1.88. The van der Waals surface area contributed by atoms with E-state index in [1.807, 2.05) is 0 Å². The Hall–Kier alpha value is -1.09. The van der Waals surface area contributed by atoms with Crippen LogP contribution in [0.1, 0.15) is 6.92 Å². The van der Waals surface area contributed by atoms with Gasteiger partial charge in [0.25, 0.3) is 0 Å². The van der Waals surface area contributed by atoms with Crippen LogP contribution in [0.15, 0.2) is 0 Å². The molecule has 0 aromatic heterocycles. The number of aliphatic hydroxyl groups excluding tert-OH is 13. The van der Waals surface area contributed by atoms with Crippen LogP contribution in [0.25, 0.3) is 0 Å². The molecule has 0 aromatic rings. The van der Waals surface area contributed by atoms with Gasteiger partial charge in [0.15, 0.2) is 25.2 Å². The van der Waals surface area contributed by atoms with E-state index in [1.165, 1.54) is 6.92 Å². The molecule has 0 amide bonds. The van der Waals surface area contributed by atoms with Crippen LogP contribution >= 0.6 is 0 Å². The summed E-state index contributed by atoms with van der Waals surface area (Å²) in [5.74, 6) is 0. The van der Waals surface area contributed by atoms with Crippen molar-refractivity contribution in [2.75, 3.05) is 19.8 Å². The Labute approximate surface area is 249 Å². The van der Waals surface area contributed by atoms with Crippen LogP contribution in [0.2, 0.25) is 0 Å². The first kappa shape index (κ1) is 37.4. The molecule has 258 valence electrons. The van der Waals surface area contributed by atoms with Crippen LogP contribution in [0.4, 0.5) is 0 Å². The molecule has 13 N–H and O–H groups in total. The van der Waals surface area contributed by atoms with Crippen molar-refractivity contribution in [3.8, 4) is 0 Å². The average Bonchev–Trinajstić information content (AvgIpc) is 3.02. The van der Waals surface area contributed by atoms with Gasteiger partial charge in [-0.1, -0.05) is 0 Å². The van der Waals surface area contributed by atoms with Gasteiger partial charge in [0.2, 0.25) is 0 Å². The quantitative estimate of drug-likeness (QED) is 0.0823. The minimum absolute atomic E-state index is 0.0709. The summed E-state index contributed by atoms with van der Waals surface area (Å²) in [6.45, 7) is -1.57. The highest BCUT2D eigenvalue weighted by Crippen LogP contribution is 2.32. The molecule has 0 bridgehead atoms. The van der Waals surface area contributed by atoms with Crippen LogP contribution in [-0.2, 0) is 33.2 Å². The number of carbonyl (C=O) groups excluding carboxylic acids is 1. The third-order valence-corrected chi connectivity index (χ3v) is 7.72. The molecule has 0 aliphatic carbocycles. The second kappa shape index (κ2) is 16.1. The van der Waals surface area contributed by atoms with E-state index in [0.717, 1.165) is 0 Å². The number of hydrogen-bond donors (Lipinski definition) is 13. The van der Waals surface area contributed by atoms with Crippen molar-refractivity contribution in [2.24, 2.45) is 0 Å². The SMILES string of the molecule is C[C@@H]1O[C@@H](O[C@@H]([C@H](O[C@@H]2O[C@H](CO)[C@H](O)[C@H](O[C@H]3O[C@H](CO)[C@H](O)[C@H](O)[C@H]3O)[C@H]2O)[C@H](O)CO)[C@@H](O)C=O)[C@@H](O)[C@H](O)[C@@H]1O. The van der Waals surface area contributed by atoms with Crippen molar-refractivity contribution in [1.82, 2.24) is 0 Å². The number of aliphatic hydroxyl groups is 13. The fourth-order valence-electron chi connectivity index (χ4n) is 5.02. The summed E-state index contributed by atoms with van der Waals surface area (Å²) in [5, 5.41) is 132. The van der Waals surface area contributed by atoms with E-state index in [2.05, 4.69) is 0 Å². The molecule has 19 atom stereocenters. The highest BCUT2D eigenvalue weighted by atomic mass is 16.8. The van der Waals surface area contributed by atoms with Crippen molar-refractivity contribution in [3.05, 3.63) is 0 Å². The molecular formula is C24H42O20. The Kier molecular flexibility index (Phi) is 13.7. The van der Waals surface area contributed by atoms with Crippen LogP contribution in [0.3, 0.4) is 0 Å². The molecule has 20 nitrogen and oxygen atoms in total. The van der Waals surface area contributed by atoms with E-state index in [4.69, 9.17) is 28.4 Å². The van der Waals surface area contributed by atoms with Gasteiger partial charge in [-0.25, -0.2) is 0 Å². The maximum Gasteiger partial charge on any atom is 0.187 e. The second-order valence-corrected chi connectivity index (χ2v) is 10.8. The van der Waals surface area contributed by atoms with E-state index in [1.54, 1.807) is 0 Å². The van der Waals surface area contributed by atoms with Crippen LogP contribution in [0, 0.1) is 0 Å². The van der Waals surface area contributed by atoms with Crippen molar-refractivity contribution in [2.45, 2.75) is 123 Å². The highest BCUT2D eigenvalue weighted by molar-refractivity contribution is 5.56. The standard InChI is InChI=1S/C24H42O20/c1-6-11(31)14(34)16(36)22(39-6)42-19(7(29)2-25)20(8(30)3-26)43-24-18(38)21(13(33)10(5-28)41-24)44-23-17(37)15(35)12(32)9(4-27)40-23/h2,6-24,26-38H,3-5H2,1H3/t6-,7-,8+,9+,10+,11+,12-,13-,14+,15-,16-,17+,18+,19+,20+,21-,22-,23+,24-/m0/s1. The predicted octanol–water partition coefficient (Wildman–Crippen LogP) is -8.88. The third-order valence-electron chi connectivity index (χ3n) is 7.72. The van der Waals surface area contributed by atoms with E-state index in [0.29, 0.717) is 0 Å². The van der Waals surface area contributed by atoms with E-state index >= 15 is 0 Å². The first-order valence-electron chi connectivity index (χ1n) is 13.7. The molecule has 3 aliphatic rings. The van der Waals surface area contributed by atoms with Gasteiger partial charge < -0.3 is 99.6 Å². The minimum Gasteiger partial charge on any atom is -0.394 e. The molecule has 0 radical (unpaired) electrons. The van der Waals surface area contributed by atoms with Gasteiger partial charge in [-0.2, -0.15) is 0 Å². The number of hydrogen-bond acceptors (Lipinski definition) is 20. The smallest absolute Gasteiger partial charge is 0.187 e. The maximum atomic E-state index is 11.6. The first-order valence-corrected chi connectivity index (χ1v) is 13.7. The predicted molar refractivity (Wildman–Crippen MR) is 134 cm³/mol. The Morgan fingerprint density at radius 3 is 1.70 bits per heavy atom. The van der Waals surface area contributed by atoms with Crippen LogP contribution in [-0.4, -0.2) is 209 Å². The third kappa shape index (κ3) is 7.88. The van der Waals surface area contributed by atoms with E-state index < -0.39 is 136 Å². The summed E-state index contributed by atoms with van der Waals surface area (Å²) in [4.78, 5) is 11.6. The molecule has 0 saturated carbocycles. The second-order valence-electron chi connectivity index (χ2n) is 10.8. The lowest BCUT2D eigenvalue weighted by atomic mass is 9.96. The van der Waals surface area contributed by atoms with Gasteiger partial charge in [-0.3, -0.25) is 0 Å². The average molecular weight is 651 g/mol. The van der Waals surface area contributed by atoms with Gasteiger partial charge in [0, 0.05) is 0 Å². The van der Waals surface area contributed by atoms with Gasteiger partial charge >= 0.3 is 0 Å². The zero-order valence-electron chi connectivity index (χ0n) is 23.3. The fraction of sp³-hybridized carbons (Fsp3) is 0.958. The monoisotopic (exact) mass is 650 g/mol. The summed E-state index contributed by atoms with van der Waals surface area (Å²) >= 11 is 0. The lowest BCUT2D eigenvalue weighted by Gasteiger charge is -2.47. The Morgan fingerprint density at radius 2 is 1.14 bits per heavy atom. The number of ether oxygens (including phenoxy) is 6. The number of aldehydes is 1. The van der Waals surface area contributed by atoms with Crippen molar-refractivity contribution in [3.63, 3.8) is 0 Å². The normalized spacial score (nSPS) is 46.2. The van der Waals surface area contributed by atoms with Gasteiger partial charge in [0.1, 0.15) is 91.6 Å². The summed E-state index contributed by atoms with van der Waals surface area (Å²) in [6, 6.07) is 0. The largest absolute Gasteiger partial charge is 0.394 e. The molecule has 3 saturated heterocycles. The molecule has 3 fully saturated rings. The van der Waals surface area contributed by atoms with Gasteiger partial charge in [0.05, 0.1) is 25.9 Å². The van der Waals surface area contributed by atoms with Crippen molar-refractivity contribution in [1.29, 1.82) is 0 Å². The highest BCUT2D eigenvalue weighted by Gasteiger charge is 2.53. The zero-order valence-corrected chi connectivity index (χ0v) is 23.3. The first-order chi connectivity index (χ1) is 20.7. The number of carbonyl (C=O) groups is 1. The molecule has 3 heterocycles. The van der Waals surface area contributed by atoms with Crippen molar-refractivity contribution >= 4 is 6.29 Å². The Bertz CT molecular complexity index is 883. The molecule has 3 aliphatic heterocycles. The molecular weight excluding hydrogens is 608 g/mol. The van der Waals surface area contributed by atoms with E-state index in [-0.39, 0.29) is 6.29 Å². The molecule has 0 unspecified atom stereocenters. The molecule has 0 aromatic carbocycles. The van der Waals surface area contributed by atoms with Gasteiger partial charge in [-0.15, -0.1) is 0 Å². The fourth-order valence-corrected chi connectivity index (χ4v) is 5.02. The zero-order chi connectivity index (χ0) is 33.0. The maximum absolute atomic E-state index is 11.6. The summed E-state index contributed by atoms with van der Waals surface area (Å²) in [6.07, 6.45) is -35.1. The summed E-state index contributed by atoms with van der Waals surface area (Å²) in [7, 11) is 0. The van der Waals surface area contributed by atoms with Gasteiger partial charge in [-0.05, 0) is 6.92 Å². The lowest BCUT2D eigenvalue weighted by molar-refractivity contribution is -0.374. The topological polar surface area (TPSA) is 335 Å². The van der Waals surface area contributed by atoms with E-state index in [9.17, 15) is 71.2 Å². The number of rotatable bonds is 13. The minimum atomic E-state index is -2.18. The molecule has 20 heteroatoms. The summed E-state index contributed by atoms with van der Waals surface area (Å²) < 4.78 is 32.5. The van der Waals surface area contributed by atoms with Crippen LogP contribution in [0.5, 0.6) is 0 Å². The summed E-state index contributed by atoms with van der Waals surface area (Å²) in [5.41, 5.74) is 0. The molecule has 0 spiro atoms. The van der Waals surface area contributed by atoms with Crippen LogP contribution < -0.4 is 0 Å². The lowest BCUT2D eigenvalue weighted by Crippen LogP contribution is -2.66. The molecule has 44 heavy (non-hydrogen) atoms.